The van der Waals surface area contributed by atoms with Crippen LogP contribution in [0.15, 0.2) is 53.6 Å². The summed E-state index contributed by atoms with van der Waals surface area (Å²) in [7, 11) is 0. The van der Waals surface area contributed by atoms with Crippen molar-refractivity contribution in [3.05, 3.63) is 80.4 Å². The van der Waals surface area contributed by atoms with Crippen LogP contribution in [0.4, 0.5) is 23.2 Å². The number of halogens is 5. The fourth-order valence-electron chi connectivity index (χ4n) is 3.52. The van der Waals surface area contributed by atoms with E-state index >= 15 is 0 Å². The number of rotatable bonds is 4. The highest BCUT2D eigenvalue weighted by molar-refractivity contribution is 7.19. The van der Waals surface area contributed by atoms with Crippen molar-refractivity contribution in [1.82, 2.24) is 9.55 Å². The van der Waals surface area contributed by atoms with Gasteiger partial charge in [-0.2, -0.15) is 13.2 Å². The van der Waals surface area contributed by atoms with Crippen molar-refractivity contribution >= 4 is 44.7 Å². The minimum absolute atomic E-state index is 0.0819. The van der Waals surface area contributed by atoms with E-state index in [4.69, 9.17) is 11.6 Å². The van der Waals surface area contributed by atoms with Crippen LogP contribution >= 0.6 is 22.9 Å². The molecule has 176 valence electrons. The first-order valence-electron chi connectivity index (χ1n) is 9.91. The number of benzene rings is 2. The molecule has 4 rings (SSSR count). The highest BCUT2D eigenvalue weighted by atomic mass is 35.5. The minimum atomic E-state index is -4.62. The van der Waals surface area contributed by atoms with E-state index in [2.05, 4.69) is 10.3 Å². The number of alkyl halides is 3. The molecule has 34 heavy (non-hydrogen) atoms. The Bertz CT molecular complexity index is 1460. The zero-order chi connectivity index (χ0) is 24.8. The van der Waals surface area contributed by atoms with Gasteiger partial charge in [0.15, 0.2) is 0 Å². The van der Waals surface area contributed by atoms with Gasteiger partial charge in [0, 0.05) is 10.4 Å². The van der Waals surface area contributed by atoms with Gasteiger partial charge < -0.3 is 5.32 Å². The first-order chi connectivity index (χ1) is 16.0. The fraction of sp³-hybridized carbons (Fsp3) is 0.174. The van der Waals surface area contributed by atoms with Gasteiger partial charge in [-0.3, -0.25) is 14.2 Å². The van der Waals surface area contributed by atoms with Gasteiger partial charge in [-0.05, 0) is 49.7 Å². The van der Waals surface area contributed by atoms with Crippen LogP contribution in [0.1, 0.15) is 23.4 Å². The predicted molar refractivity (Wildman–Crippen MR) is 124 cm³/mol. The van der Waals surface area contributed by atoms with Crippen molar-refractivity contribution < 1.29 is 22.4 Å². The SMILES string of the molecule is Cc1sc2ncn(C(C)C(=O)Nc3cc(C(F)(F)F)ccc3Cl)c(=O)c2c1-c1ccc(F)cc1. The van der Waals surface area contributed by atoms with Gasteiger partial charge in [0.05, 0.1) is 28.0 Å². The third-order valence-electron chi connectivity index (χ3n) is 5.29. The Morgan fingerprint density at radius 2 is 1.85 bits per heavy atom. The van der Waals surface area contributed by atoms with Crippen molar-refractivity contribution in [2.45, 2.75) is 26.1 Å². The second-order valence-corrected chi connectivity index (χ2v) is 9.15. The van der Waals surface area contributed by atoms with Crippen molar-refractivity contribution in [2.24, 2.45) is 0 Å². The molecule has 0 saturated heterocycles. The monoisotopic (exact) mass is 509 g/mol. The molecule has 11 heteroatoms. The zero-order valence-electron chi connectivity index (χ0n) is 17.7. The number of fused-ring (bicyclic) bond motifs is 1. The number of hydrogen-bond acceptors (Lipinski definition) is 4. The fourth-order valence-corrected chi connectivity index (χ4v) is 4.68. The third kappa shape index (κ3) is 4.43. The molecule has 0 spiro atoms. The Morgan fingerprint density at radius 3 is 2.50 bits per heavy atom. The van der Waals surface area contributed by atoms with E-state index in [-0.39, 0.29) is 16.1 Å². The Labute approximate surface area is 199 Å². The molecule has 2 heterocycles. The van der Waals surface area contributed by atoms with E-state index in [0.717, 1.165) is 27.6 Å². The maximum atomic E-state index is 13.4. The Morgan fingerprint density at radius 1 is 1.18 bits per heavy atom. The lowest BCUT2D eigenvalue weighted by Crippen LogP contribution is -2.31. The summed E-state index contributed by atoms with van der Waals surface area (Å²) in [5.74, 6) is -1.17. The van der Waals surface area contributed by atoms with E-state index in [1.165, 1.54) is 36.7 Å². The summed E-state index contributed by atoms with van der Waals surface area (Å²) in [6.07, 6.45) is -3.40. The second-order valence-electron chi connectivity index (χ2n) is 7.53. The molecule has 2 aromatic heterocycles. The number of hydrogen-bond donors (Lipinski definition) is 1. The maximum Gasteiger partial charge on any atom is 0.416 e. The molecule has 0 aliphatic heterocycles. The summed E-state index contributed by atoms with van der Waals surface area (Å²) in [5.41, 5.74) is -0.506. The number of aromatic nitrogens is 2. The number of aryl methyl sites for hydroxylation is 1. The van der Waals surface area contributed by atoms with Crippen LogP contribution < -0.4 is 10.9 Å². The van der Waals surface area contributed by atoms with Gasteiger partial charge in [-0.25, -0.2) is 9.37 Å². The molecule has 1 atom stereocenters. The molecule has 4 aromatic rings. The van der Waals surface area contributed by atoms with Gasteiger partial charge in [0.2, 0.25) is 5.91 Å². The lowest BCUT2D eigenvalue weighted by Gasteiger charge is -2.17. The van der Waals surface area contributed by atoms with Gasteiger partial charge in [0.1, 0.15) is 16.7 Å². The molecular formula is C23H16ClF4N3O2S. The van der Waals surface area contributed by atoms with Crippen molar-refractivity contribution in [3.8, 4) is 11.1 Å². The standard InChI is InChI=1S/C23H16ClF4N3O2S/c1-11(20(32)30-17-9-14(23(26,27)28)5-8-16(17)24)31-10-29-21-19(22(31)33)18(12(2)34-21)13-3-6-15(25)7-4-13/h3-11H,1-2H3,(H,30,32). The molecule has 1 N–H and O–H groups in total. The van der Waals surface area contributed by atoms with Crippen LogP contribution in [0.5, 0.6) is 0 Å². The van der Waals surface area contributed by atoms with E-state index in [9.17, 15) is 27.2 Å². The Hall–Kier alpha value is -3.24. The van der Waals surface area contributed by atoms with Crippen LogP contribution in [0, 0.1) is 12.7 Å². The number of nitrogens with one attached hydrogen (secondary N) is 1. The maximum absolute atomic E-state index is 13.4. The summed E-state index contributed by atoms with van der Waals surface area (Å²) in [4.78, 5) is 31.7. The second kappa shape index (κ2) is 8.84. The predicted octanol–water partition coefficient (Wildman–Crippen LogP) is 6.44. The molecule has 0 fully saturated rings. The molecule has 1 amide bonds. The zero-order valence-corrected chi connectivity index (χ0v) is 19.3. The van der Waals surface area contributed by atoms with Crippen LogP contribution in [-0.2, 0) is 11.0 Å². The molecule has 0 saturated carbocycles. The molecule has 2 aromatic carbocycles. The molecule has 0 aliphatic carbocycles. The van der Waals surface area contributed by atoms with Crippen molar-refractivity contribution in [2.75, 3.05) is 5.32 Å². The van der Waals surface area contributed by atoms with Crippen LogP contribution in [0.25, 0.3) is 21.3 Å². The highest BCUT2D eigenvalue weighted by Gasteiger charge is 2.31. The third-order valence-corrected chi connectivity index (χ3v) is 6.64. The van der Waals surface area contributed by atoms with Gasteiger partial charge in [0.25, 0.3) is 5.56 Å². The van der Waals surface area contributed by atoms with Gasteiger partial charge >= 0.3 is 6.18 Å². The molecule has 0 aliphatic rings. The molecule has 1 unspecified atom stereocenters. The summed E-state index contributed by atoms with van der Waals surface area (Å²) in [6.45, 7) is 3.23. The largest absolute Gasteiger partial charge is 0.416 e. The quantitative estimate of drug-likeness (QED) is 0.322. The lowest BCUT2D eigenvalue weighted by molar-refractivity contribution is -0.137. The van der Waals surface area contributed by atoms with Crippen LogP contribution in [0.2, 0.25) is 5.02 Å². The molecular weight excluding hydrogens is 494 g/mol. The summed E-state index contributed by atoms with van der Waals surface area (Å²) in [5, 5.41) is 2.55. The number of anilines is 1. The summed E-state index contributed by atoms with van der Waals surface area (Å²) < 4.78 is 53.6. The number of carbonyl (C=O) groups excluding carboxylic acids is 1. The average Bonchev–Trinajstić information content (AvgIpc) is 3.11. The highest BCUT2D eigenvalue weighted by Crippen LogP contribution is 2.36. The number of amides is 1. The molecule has 0 radical (unpaired) electrons. The van der Waals surface area contributed by atoms with Gasteiger partial charge in [-0.15, -0.1) is 11.3 Å². The number of carbonyl (C=O) groups is 1. The van der Waals surface area contributed by atoms with E-state index < -0.39 is 35.1 Å². The number of nitrogens with zero attached hydrogens (tertiary/aromatic N) is 2. The Kier molecular flexibility index (Phi) is 6.22. The topological polar surface area (TPSA) is 64.0 Å². The van der Waals surface area contributed by atoms with Crippen molar-refractivity contribution in [1.29, 1.82) is 0 Å². The average molecular weight is 510 g/mol. The first kappa shape index (κ1) is 23.9. The van der Waals surface area contributed by atoms with E-state index in [1.54, 1.807) is 19.1 Å². The molecule has 5 nitrogen and oxygen atoms in total. The van der Waals surface area contributed by atoms with E-state index in [0.29, 0.717) is 16.0 Å². The minimum Gasteiger partial charge on any atom is -0.323 e. The summed E-state index contributed by atoms with van der Waals surface area (Å²) >= 11 is 7.25. The van der Waals surface area contributed by atoms with Crippen LogP contribution in [-0.4, -0.2) is 15.5 Å². The first-order valence-corrected chi connectivity index (χ1v) is 11.1. The normalized spacial score (nSPS) is 12.7. The number of thiophene rings is 1. The van der Waals surface area contributed by atoms with Gasteiger partial charge in [-0.1, -0.05) is 23.7 Å². The van der Waals surface area contributed by atoms with Crippen LogP contribution in [0.3, 0.4) is 0 Å². The smallest absolute Gasteiger partial charge is 0.323 e. The van der Waals surface area contributed by atoms with Crippen molar-refractivity contribution in [3.63, 3.8) is 0 Å². The Balaban J connectivity index is 1.72. The molecule has 0 bridgehead atoms. The summed E-state index contributed by atoms with van der Waals surface area (Å²) in [6, 6.07) is 7.11. The lowest BCUT2D eigenvalue weighted by atomic mass is 10.0. The van der Waals surface area contributed by atoms with E-state index in [1.807, 2.05) is 0 Å².